The van der Waals surface area contributed by atoms with E-state index in [1.807, 2.05) is 12.1 Å². The molecule has 0 aliphatic heterocycles. The van der Waals surface area contributed by atoms with Gasteiger partial charge in [-0.25, -0.2) is 4.79 Å². The average Bonchev–Trinajstić information content (AvgIpc) is 2.47. The molecule has 0 bridgehead atoms. The summed E-state index contributed by atoms with van der Waals surface area (Å²) in [5.41, 5.74) is 7.83. The number of hydrogen-bond donors (Lipinski definition) is 2. The molecule has 1 aliphatic rings. The Kier molecular flexibility index (Phi) is 5.27. The second-order valence-corrected chi connectivity index (χ2v) is 5.37. The van der Waals surface area contributed by atoms with E-state index in [2.05, 4.69) is 5.32 Å². The van der Waals surface area contributed by atoms with E-state index in [9.17, 15) is 4.79 Å². The Bertz CT molecular complexity index is 454. The fourth-order valence-corrected chi connectivity index (χ4v) is 2.75. The van der Waals surface area contributed by atoms with Crippen molar-refractivity contribution >= 4 is 17.3 Å². The number of benzene rings is 1. The van der Waals surface area contributed by atoms with Crippen molar-refractivity contribution in [2.75, 3.05) is 24.2 Å². The summed E-state index contributed by atoms with van der Waals surface area (Å²) in [6.07, 6.45) is 6.57. The largest absolute Gasteiger partial charge is 0.462 e. The van der Waals surface area contributed by atoms with Crippen molar-refractivity contribution in [1.82, 2.24) is 0 Å². The number of para-hydroxylation sites is 1. The average molecular weight is 276 g/mol. The number of rotatable bonds is 5. The lowest BCUT2D eigenvalue weighted by Crippen LogP contribution is -2.18. The topological polar surface area (TPSA) is 64.3 Å². The highest BCUT2D eigenvalue weighted by atomic mass is 16.5. The first-order chi connectivity index (χ1) is 9.72. The van der Waals surface area contributed by atoms with Crippen molar-refractivity contribution in [3.8, 4) is 0 Å². The lowest BCUT2D eigenvalue weighted by molar-refractivity contribution is 0.0527. The quantitative estimate of drug-likeness (QED) is 0.638. The van der Waals surface area contributed by atoms with Gasteiger partial charge < -0.3 is 15.8 Å². The van der Waals surface area contributed by atoms with Gasteiger partial charge in [-0.15, -0.1) is 0 Å². The van der Waals surface area contributed by atoms with Crippen LogP contribution in [-0.4, -0.2) is 19.1 Å². The molecule has 0 amide bonds. The zero-order valence-corrected chi connectivity index (χ0v) is 12.2. The van der Waals surface area contributed by atoms with Crippen LogP contribution in [-0.2, 0) is 4.74 Å². The number of carbonyl (C=O) groups is 1. The van der Waals surface area contributed by atoms with Gasteiger partial charge in [0.25, 0.3) is 0 Å². The summed E-state index contributed by atoms with van der Waals surface area (Å²) in [6, 6.07) is 5.46. The number of hydrogen-bond acceptors (Lipinski definition) is 4. The van der Waals surface area contributed by atoms with Crippen LogP contribution < -0.4 is 11.1 Å². The van der Waals surface area contributed by atoms with Gasteiger partial charge in [0.05, 0.1) is 23.5 Å². The highest BCUT2D eigenvalue weighted by molar-refractivity contribution is 5.98. The SMILES string of the molecule is CCOC(=O)c1cccc(NCC2CCCCC2)c1N. The molecule has 2 rings (SSSR count). The van der Waals surface area contributed by atoms with Crippen LogP contribution in [0.15, 0.2) is 18.2 Å². The van der Waals surface area contributed by atoms with Gasteiger partial charge in [-0.2, -0.15) is 0 Å². The standard InChI is InChI=1S/C16H24N2O2/c1-2-20-16(19)13-9-6-10-14(15(13)17)18-11-12-7-4-3-5-8-12/h6,9-10,12,18H,2-5,7-8,11,17H2,1H3. The van der Waals surface area contributed by atoms with E-state index in [1.54, 1.807) is 13.0 Å². The van der Waals surface area contributed by atoms with Crippen LogP contribution in [0.3, 0.4) is 0 Å². The van der Waals surface area contributed by atoms with Gasteiger partial charge in [0, 0.05) is 6.54 Å². The minimum absolute atomic E-state index is 0.355. The molecule has 3 N–H and O–H groups in total. The maximum Gasteiger partial charge on any atom is 0.340 e. The number of anilines is 2. The highest BCUT2D eigenvalue weighted by Crippen LogP contribution is 2.27. The molecule has 0 spiro atoms. The molecule has 0 aromatic heterocycles. The molecule has 0 saturated heterocycles. The van der Waals surface area contributed by atoms with Crippen LogP contribution >= 0.6 is 0 Å². The van der Waals surface area contributed by atoms with E-state index < -0.39 is 0 Å². The van der Waals surface area contributed by atoms with Gasteiger partial charge in [0.15, 0.2) is 0 Å². The lowest BCUT2D eigenvalue weighted by Gasteiger charge is -2.23. The summed E-state index contributed by atoms with van der Waals surface area (Å²) < 4.78 is 5.01. The van der Waals surface area contributed by atoms with Crippen molar-refractivity contribution in [2.45, 2.75) is 39.0 Å². The minimum Gasteiger partial charge on any atom is -0.462 e. The van der Waals surface area contributed by atoms with Gasteiger partial charge >= 0.3 is 5.97 Å². The van der Waals surface area contributed by atoms with Crippen LogP contribution in [0.4, 0.5) is 11.4 Å². The van der Waals surface area contributed by atoms with Crippen molar-refractivity contribution in [2.24, 2.45) is 5.92 Å². The third kappa shape index (κ3) is 3.65. The molecule has 20 heavy (non-hydrogen) atoms. The predicted octanol–water partition coefficient (Wildman–Crippen LogP) is 3.44. The zero-order valence-electron chi connectivity index (χ0n) is 12.2. The summed E-state index contributed by atoms with van der Waals surface area (Å²) in [6.45, 7) is 3.08. The van der Waals surface area contributed by atoms with E-state index in [0.29, 0.717) is 17.9 Å². The predicted molar refractivity (Wildman–Crippen MR) is 81.9 cm³/mol. The van der Waals surface area contributed by atoms with E-state index in [4.69, 9.17) is 10.5 Å². The fourth-order valence-electron chi connectivity index (χ4n) is 2.75. The van der Waals surface area contributed by atoms with E-state index in [1.165, 1.54) is 32.1 Å². The molecule has 1 aromatic rings. The third-order valence-electron chi connectivity index (χ3n) is 3.91. The molecule has 0 radical (unpaired) electrons. The number of esters is 1. The normalized spacial score (nSPS) is 15.8. The summed E-state index contributed by atoms with van der Waals surface area (Å²) in [5, 5.41) is 3.39. The fraction of sp³-hybridized carbons (Fsp3) is 0.562. The van der Waals surface area contributed by atoms with E-state index in [0.717, 1.165) is 18.2 Å². The number of carbonyl (C=O) groups excluding carboxylic acids is 1. The lowest BCUT2D eigenvalue weighted by atomic mass is 9.89. The minimum atomic E-state index is -0.355. The Morgan fingerprint density at radius 1 is 1.35 bits per heavy atom. The summed E-state index contributed by atoms with van der Waals surface area (Å²) >= 11 is 0. The van der Waals surface area contributed by atoms with Gasteiger partial charge in [-0.1, -0.05) is 25.3 Å². The second kappa shape index (κ2) is 7.17. The van der Waals surface area contributed by atoms with Crippen molar-refractivity contribution in [1.29, 1.82) is 0 Å². The molecular formula is C16H24N2O2. The van der Waals surface area contributed by atoms with E-state index in [-0.39, 0.29) is 5.97 Å². The Morgan fingerprint density at radius 2 is 2.10 bits per heavy atom. The van der Waals surface area contributed by atoms with Gasteiger partial charge in [-0.3, -0.25) is 0 Å². The first kappa shape index (κ1) is 14.7. The third-order valence-corrected chi connectivity index (χ3v) is 3.91. The van der Waals surface area contributed by atoms with Gasteiger partial charge in [0.2, 0.25) is 0 Å². The molecule has 0 unspecified atom stereocenters. The Hall–Kier alpha value is -1.71. The maximum absolute atomic E-state index is 11.8. The van der Waals surface area contributed by atoms with Gasteiger partial charge in [0.1, 0.15) is 0 Å². The molecule has 1 saturated carbocycles. The molecule has 0 heterocycles. The first-order valence-corrected chi connectivity index (χ1v) is 7.52. The molecule has 0 atom stereocenters. The number of ether oxygens (including phenoxy) is 1. The number of nitrogen functional groups attached to an aromatic ring is 1. The number of nitrogens with two attached hydrogens (primary N) is 1. The molecule has 4 nitrogen and oxygen atoms in total. The molecule has 110 valence electrons. The van der Waals surface area contributed by atoms with Crippen LogP contribution in [0.5, 0.6) is 0 Å². The van der Waals surface area contributed by atoms with Crippen molar-refractivity contribution < 1.29 is 9.53 Å². The summed E-state index contributed by atoms with van der Waals surface area (Å²) in [4.78, 5) is 11.8. The second-order valence-electron chi connectivity index (χ2n) is 5.37. The van der Waals surface area contributed by atoms with Crippen LogP contribution in [0.25, 0.3) is 0 Å². The highest BCUT2D eigenvalue weighted by Gasteiger charge is 2.16. The first-order valence-electron chi connectivity index (χ1n) is 7.52. The van der Waals surface area contributed by atoms with E-state index >= 15 is 0 Å². The van der Waals surface area contributed by atoms with Crippen LogP contribution in [0.2, 0.25) is 0 Å². The smallest absolute Gasteiger partial charge is 0.340 e. The summed E-state index contributed by atoms with van der Waals surface area (Å²) in [5.74, 6) is 0.362. The maximum atomic E-state index is 11.8. The Balaban J connectivity index is 2.00. The zero-order chi connectivity index (χ0) is 14.4. The molecule has 1 fully saturated rings. The molecular weight excluding hydrogens is 252 g/mol. The van der Waals surface area contributed by atoms with Crippen LogP contribution in [0.1, 0.15) is 49.4 Å². The molecule has 1 aromatic carbocycles. The monoisotopic (exact) mass is 276 g/mol. The van der Waals surface area contributed by atoms with Crippen molar-refractivity contribution in [3.05, 3.63) is 23.8 Å². The summed E-state index contributed by atoms with van der Waals surface area (Å²) in [7, 11) is 0. The van der Waals surface area contributed by atoms with Crippen molar-refractivity contribution in [3.63, 3.8) is 0 Å². The van der Waals surface area contributed by atoms with Gasteiger partial charge in [-0.05, 0) is 37.8 Å². The molecule has 4 heteroatoms. The Labute approximate surface area is 120 Å². The Morgan fingerprint density at radius 3 is 2.80 bits per heavy atom. The molecule has 1 aliphatic carbocycles. The number of nitrogens with one attached hydrogen (secondary N) is 1. The van der Waals surface area contributed by atoms with Crippen LogP contribution in [0, 0.1) is 5.92 Å².